The molecule has 5 nitrogen and oxygen atoms in total. The van der Waals surface area contributed by atoms with Crippen LogP contribution in [0.5, 0.6) is 0 Å². The molecule has 5 heteroatoms. The maximum Gasteiger partial charge on any atom is 0.341 e. The summed E-state index contributed by atoms with van der Waals surface area (Å²) in [5.74, 6) is -0.0455. The van der Waals surface area contributed by atoms with Crippen molar-refractivity contribution in [2.75, 3.05) is 0 Å². The Bertz CT molecular complexity index is 802. The molecule has 1 heterocycles. The number of aromatic nitrogens is 2. The molecule has 3 rings (SSSR count). The highest BCUT2D eigenvalue weighted by atomic mass is 16.5. The van der Waals surface area contributed by atoms with Crippen molar-refractivity contribution >= 4 is 11.8 Å². The molecule has 0 spiro atoms. The Labute approximate surface area is 160 Å². The highest BCUT2D eigenvalue weighted by molar-refractivity contribution is 5.90. The van der Waals surface area contributed by atoms with Gasteiger partial charge in [0.25, 0.3) is 0 Å². The molecule has 0 radical (unpaired) electrons. The Balaban J connectivity index is 1.65. The van der Waals surface area contributed by atoms with Crippen LogP contribution in [0.2, 0.25) is 0 Å². The number of benzene rings is 1. The zero-order valence-corrected chi connectivity index (χ0v) is 16.4. The molecule has 0 saturated heterocycles. The number of carbonyl (C=O) groups is 2. The van der Waals surface area contributed by atoms with E-state index in [4.69, 9.17) is 4.74 Å². The summed E-state index contributed by atoms with van der Waals surface area (Å²) >= 11 is 0. The molecule has 1 aliphatic carbocycles. The first-order valence-electron chi connectivity index (χ1n) is 9.73. The van der Waals surface area contributed by atoms with E-state index in [9.17, 15) is 9.59 Å². The second-order valence-electron chi connectivity index (χ2n) is 7.57. The van der Waals surface area contributed by atoms with Gasteiger partial charge in [0.15, 0.2) is 0 Å². The Kier molecular flexibility index (Phi) is 5.78. The lowest BCUT2D eigenvalue weighted by molar-refractivity contribution is -0.129. The van der Waals surface area contributed by atoms with Crippen LogP contribution < -0.4 is 0 Å². The fraction of sp³-hybridized carbons (Fsp3) is 0.500. The van der Waals surface area contributed by atoms with Gasteiger partial charge >= 0.3 is 5.97 Å². The van der Waals surface area contributed by atoms with E-state index in [0.717, 1.165) is 43.4 Å². The maximum absolute atomic E-state index is 12.5. The summed E-state index contributed by atoms with van der Waals surface area (Å²) in [6, 6.07) is 9.88. The molecule has 144 valence electrons. The molecule has 0 amide bonds. The average Bonchev–Trinajstić information content (AvgIpc) is 3.08. The second-order valence-corrected chi connectivity index (χ2v) is 7.57. The van der Waals surface area contributed by atoms with Crippen LogP contribution in [-0.4, -0.2) is 21.5 Å². The molecule has 0 bridgehead atoms. The number of Topliss-reactive ketones (excluding diaryl/α,β-unsaturated/α-hetero) is 1. The zero-order valence-electron chi connectivity index (χ0n) is 16.4. The molecule has 1 aliphatic rings. The first kappa shape index (κ1) is 19.3. The van der Waals surface area contributed by atoms with Crippen molar-refractivity contribution in [2.45, 2.75) is 65.5 Å². The maximum atomic E-state index is 12.5. The van der Waals surface area contributed by atoms with Crippen molar-refractivity contribution in [3.8, 4) is 0 Å². The zero-order chi connectivity index (χ0) is 19.4. The van der Waals surface area contributed by atoms with E-state index in [1.807, 2.05) is 41.9 Å². The molecule has 1 fully saturated rings. The molecule has 1 saturated carbocycles. The second kappa shape index (κ2) is 8.07. The average molecular weight is 368 g/mol. The molecule has 1 aromatic heterocycles. The van der Waals surface area contributed by atoms with Gasteiger partial charge in [-0.3, -0.25) is 9.48 Å². The van der Waals surface area contributed by atoms with Crippen LogP contribution in [0.25, 0.3) is 0 Å². The van der Waals surface area contributed by atoms with Gasteiger partial charge in [0.05, 0.1) is 17.9 Å². The van der Waals surface area contributed by atoms with Crippen LogP contribution in [0.1, 0.15) is 73.6 Å². The van der Waals surface area contributed by atoms with Crippen LogP contribution in [0.3, 0.4) is 0 Å². The first-order chi connectivity index (χ1) is 13.0. The van der Waals surface area contributed by atoms with E-state index in [2.05, 4.69) is 12.0 Å². The molecule has 1 aromatic carbocycles. The smallest absolute Gasteiger partial charge is 0.341 e. The van der Waals surface area contributed by atoms with E-state index in [0.29, 0.717) is 11.3 Å². The van der Waals surface area contributed by atoms with Gasteiger partial charge in [0, 0.05) is 5.41 Å². The Morgan fingerprint density at radius 2 is 1.89 bits per heavy atom. The minimum atomic E-state index is -0.343. The molecule has 0 atom stereocenters. The molecular formula is C22H28N2O3. The number of rotatable bonds is 6. The van der Waals surface area contributed by atoms with E-state index in [-0.39, 0.29) is 24.0 Å². The minimum Gasteiger partial charge on any atom is -0.457 e. The van der Waals surface area contributed by atoms with Crippen LogP contribution in [-0.2, 0) is 16.1 Å². The number of ketones is 1. The van der Waals surface area contributed by atoms with Gasteiger partial charge in [0.2, 0.25) is 0 Å². The van der Waals surface area contributed by atoms with E-state index < -0.39 is 0 Å². The highest BCUT2D eigenvalue weighted by Crippen LogP contribution is 2.44. The van der Waals surface area contributed by atoms with Gasteiger partial charge in [-0.2, -0.15) is 5.10 Å². The minimum absolute atomic E-state index is 0.172. The fourth-order valence-corrected chi connectivity index (χ4v) is 4.15. The number of nitrogens with zero attached hydrogens (tertiary/aromatic N) is 2. The van der Waals surface area contributed by atoms with Crippen molar-refractivity contribution in [1.82, 2.24) is 9.78 Å². The number of ether oxygens (including phenoxy) is 1. The van der Waals surface area contributed by atoms with Crippen molar-refractivity contribution in [2.24, 2.45) is 5.41 Å². The summed E-state index contributed by atoms with van der Waals surface area (Å²) in [5.41, 5.74) is 2.15. The fourth-order valence-electron chi connectivity index (χ4n) is 4.15. The summed E-state index contributed by atoms with van der Waals surface area (Å²) in [6.07, 6.45) is 6.09. The van der Waals surface area contributed by atoms with Crippen LogP contribution in [0.4, 0.5) is 0 Å². The number of carbonyl (C=O) groups excluding carboxylic acids is 2. The summed E-state index contributed by atoms with van der Waals surface area (Å²) < 4.78 is 7.38. The molecule has 0 N–H and O–H groups in total. The SMILES string of the molecule is CC[C@]1(C(C)=O)CC[C@H](n2ncc(C(=O)OCc3ccccc3)c2C)CC1. The van der Waals surface area contributed by atoms with Gasteiger partial charge in [0.1, 0.15) is 18.0 Å². The molecular weight excluding hydrogens is 340 g/mol. The normalized spacial score (nSPS) is 22.4. The lowest BCUT2D eigenvalue weighted by atomic mass is 9.68. The van der Waals surface area contributed by atoms with E-state index >= 15 is 0 Å². The molecule has 27 heavy (non-hydrogen) atoms. The molecule has 2 aromatic rings. The van der Waals surface area contributed by atoms with Crippen LogP contribution in [0, 0.1) is 12.3 Å². The third-order valence-electron chi connectivity index (χ3n) is 6.16. The summed E-state index contributed by atoms with van der Waals surface area (Å²) in [6.45, 7) is 5.98. The van der Waals surface area contributed by atoms with Crippen molar-refractivity contribution < 1.29 is 14.3 Å². The van der Waals surface area contributed by atoms with Crippen molar-refractivity contribution in [3.05, 3.63) is 53.3 Å². The predicted octanol–water partition coefficient (Wildman–Crippen LogP) is 4.65. The topological polar surface area (TPSA) is 61.2 Å². The Hall–Kier alpha value is -2.43. The van der Waals surface area contributed by atoms with Gasteiger partial charge in [-0.05, 0) is 51.5 Å². The van der Waals surface area contributed by atoms with Gasteiger partial charge in [-0.15, -0.1) is 0 Å². The van der Waals surface area contributed by atoms with Gasteiger partial charge < -0.3 is 4.74 Å². The van der Waals surface area contributed by atoms with E-state index in [1.54, 1.807) is 13.1 Å². The number of hydrogen-bond donors (Lipinski definition) is 0. The summed E-state index contributed by atoms with van der Waals surface area (Å²) in [5, 5.41) is 4.46. The third kappa shape index (κ3) is 3.97. The molecule has 0 unspecified atom stereocenters. The Morgan fingerprint density at radius 1 is 1.22 bits per heavy atom. The van der Waals surface area contributed by atoms with Gasteiger partial charge in [-0.25, -0.2) is 4.79 Å². The quantitative estimate of drug-likeness (QED) is 0.696. The number of hydrogen-bond acceptors (Lipinski definition) is 4. The monoisotopic (exact) mass is 368 g/mol. The van der Waals surface area contributed by atoms with E-state index in [1.165, 1.54) is 0 Å². The standard InChI is InChI=1S/C22H28N2O3/c1-4-22(17(3)25)12-10-19(11-13-22)24-16(2)20(14-23-24)21(26)27-15-18-8-6-5-7-9-18/h5-9,14,19H,4,10-13,15H2,1-3H3/t19-,22-. The number of esters is 1. The highest BCUT2D eigenvalue weighted by Gasteiger charge is 2.38. The molecule has 0 aliphatic heterocycles. The van der Waals surface area contributed by atoms with Crippen molar-refractivity contribution in [3.63, 3.8) is 0 Å². The van der Waals surface area contributed by atoms with Crippen LogP contribution >= 0.6 is 0 Å². The Morgan fingerprint density at radius 3 is 2.48 bits per heavy atom. The first-order valence-corrected chi connectivity index (χ1v) is 9.73. The lowest BCUT2D eigenvalue weighted by Gasteiger charge is -2.38. The third-order valence-corrected chi connectivity index (χ3v) is 6.16. The van der Waals surface area contributed by atoms with Gasteiger partial charge in [-0.1, -0.05) is 37.3 Å². The summed E-state index contributed by atoms with van der Waals surface area (Å²) in [7, 11) is 0. The summed E-state index contributed by atoms with van der Waals surface area (Å²) in [4.78, 5) is 24.5. The predicted molar refractivity (Wildman–Crippen MR) is 103 cm³/mol. The van der Waals surface area contributed by atoms with Crippen LogP contribution in [0.15, 0.2) is 36.5 Å². The largest absolute Gasteiger partial charge is 0.457 e. The van der Waals surface area contributed by atoms with Crippen molar-refractivity contribution in [1.29, 1.82) is 0 Å². The lowest BCUT2D eigenvalue weighted by Crippen LogP contribution is -2.34.